The molecular weight excluding hydrogens is 382 g/mol. The maximum atomic E-state index is 8.81. The number of carbonyl (C=O) groups is 1. The van der Waals surface area contributed by atoms with Crippen LogP contribution in [0.15, 0.2) is 90.8 Å². The Morgan fingerprint density at radius 2 is 1.81 bits per heavy atom. The Hall–Kier alpha value is -3.27. The molecule has 0 aliphatic carbocycles. The van der Waals surface area contributed by atoms with Crippen LogP contribution in [0.3, 0.4) is 0 Å². The average Bonchev–Trinajstić information content (AvgIpc) is 2.76. The van der Waals surface area contributed by atoms with E-state index in [0.717, 1.165) is 30.6 Å². The number of hydrogen-bond acceptors (Lipinski definition) is 4. The predicted molar refractivity (Wildman–Crippen MR) is 136 cm³/mol. The number of rotatable bonds is 6. The van der Waals surface area contributed by atoms with Crippen LogP contribution in [-0.4, -0.2) is 30.3 Å². The Kier molecular flexibility index (Phi) is 12.9. The molecule has 0 amide bonds. The van der Waals surface area contributed by atoms with Crippen molar-refractivity contribution in [1.82, 2.24) is 4.90 Å². The van der Waals surface area contributed by atoms with E-state index in [-0.39, 0.29) is 6.04 Å². The van der Waals surface area contributed by atoms with Crippen molar-refractivity contribution < 1.29 is 4.79 Å². The Morgan fingerprint density at radius 1 is 1.10 bits per heavy atom. The van der Waals surface area contributed by atoms with Crippen molar-refractivity contribution in [3.05, 3.63) is 96.4 Å². The summed E-state index contributed by atoms with van der Waals surface area (Å²) in [5, 5.41) is 3.63. The molecule has 4 heteroatoms. The number of anilines is 1. The SMILES string of the molecule is C/C=C\C=CC/C=C/c1ccc(NC2/C=C/C=C\C=C(/N)N(C)C(C)C2)cc1.CC=O. The number of nitrogens with one attached hydrogen (secondary N) is 1. The summed E-state index contributed by atoms with van der Waals surface area (Å²) in [7, 11) is 2.04. The minimum Gasteiger partial charge on any atom is -0.385 e. The first kappa shape index (κ1) is 25.8. The maximum Gasteiger partial charge on any atom is 0.116 e. The van der Waals surface area contributed by atoms with Gasteiger partial charge < -0.3 is 20.7 Å². The van der Waals surface area contributed by atoms with Crippen molar-refractivity contribution >= 4 is 18.0 Å². The van der Waals surface area contributed by atoms with Crippen LogP contribution in [0.25, 0.3) is 6.08 Å². The molecule has 1 heterocycles. The summed E-state index contributed by atoms with van der Waals surface area (Å²) in [5.41, 5.74) is 8.46. The first-order valence-electron chi connectivity index (χ1n) is 10.8. The predicted octanol–water partition coefficient (Wildman–Crippen LogP) is 5.84. The molecular formula is C27H37N3O. The normalized spacial score (nSPS) is 23.1. The quantitative estimate of drug-likeness (QED) is 0.449. The number of benzene rings is 1. The van der Waals surface area contributed by atoms with E-state index in [1.54, 1.807) is 0 Å². The van der Waals surface area contributed by atoms with Gasteiger partial charge >= 0.3 is 0 Å². The monoisotopic (exact) mass is 419 g/mol. The van der Waals surface area contributed by atoms with Gasteiger partial charge in [-0.25, -0.2) is 0 Å². The van der Waals surface area contributed by atoms with E-state index in [4.69, 9.17) is 10.5 Å². The van der Waals surface area contributed by atoms with Crippen molar-refractivity contribution in [2.45, 2.75) is 45.7 Å². The number of hydrogen-bond donors (Lipinski definition) is 2. The molecule has 2 unspecified atom stereocenters. The van der Waals surface area contributed by atoms with E-state index in [9.17, 15) is 0 Å². The second-order valence-electron chi connectivity index (χ2n) is 7.26. The first-order valence-corrected chi connectivity index (χ1v) is 10.8. The summed E-state index contributed by atoms with van der Waals surface area (Å²) in [5.74, 6) is 0.787. The van der Waals surface area contributed by atoms with Crippen molar-refractivity contribution in [3.8, 4) is 0 Å². The van der Waals surface area contributed by atoms with E-state index in [2.05, 4.69) is 77.9 Å². The molecule has 0 aromatic heterocycles. The molecule has 2 atom stereocenters. The van der Waals surface area contributed by atoms with Crippen LogP contribution in [0.2, 0.25) is 0 Å². The van der Waals surface area contributed by atoms with Gasteiger partial charge in [0, 0.05) is 24.8 Å². The molecule has 0 spiro atoms. The topological polar surface area (TPSA) is 58.4 Å². The third-order valence-corrected chi connectivity index (χ3v) is 4.78. The lowest BCUT2D eigenvalue weighted by Crippen LogP contribution is -2.36. The minimum absolute atomic E-state index is 0.242. The summed E-state index contributed by atoms with van der Waals surface area (Å²) in [6.07, 6.45) is 25.5. The standard InChI is InChI=1S/C25H33N3.C2H4O/c1-4-5-6-7-8-10-13-22-16-18-23(19-17-22)27-24-14-11-9-12-15-25(26)28(3)21(2)20-24;1-2-3/h4-7,9-19,21,24,27H,8,20,26H2,1-3H3;2H,1H3/b5-4-,7-6?,12-9-,13-10+,14-11+,25-15+;. The van der Waals surface area contributed by atoms with E-state index in [1.807, 2.05) is 44.4 Å². The average molecular weight is 420 g/mol. The largest absolute Gasteiger partial charge is 0.385 e. The molecule has 1 aromatic carbocycles. The molecule has 166 valence electrons. The number of aldehydes is 1. The summed E-state index contributed by atoms with van der Waals surface area (Å²) < 4.78 is 0. The third-order valence-electron chi connectivity index (χ3n) is 4.78. The van der Waals surface area contributed by atoms with Gasteiger partial charge in [-0.05, 0) is 57.4 Å². The summed E-state index contributed by atoms with van der Waals surface area (Å²) in [4.78, 5) is 10.9. The van der Waals surface area contributed by atoms with Crippen molar-refractivity contribution in [1.29, 1.82) is 0 Å². The van der Waals surface area contributed by atoms with E-state index >= 15 is 0 Å². The Bertz CT molecular complexity index is 813. The van der Waals surface area contributed by atoms with Crippen molar-refractivity contribution in [2.75, 3.05) is 12.4 Å². The van der Waals surface area contributed by atoms with Gasteiger partial charge in [-0.2, -0.15) is 0 Å². The van der Waals surface area contributed by atoms with E-state index in [1.165, 1.54) is 12.5 Å². The van der Waals surface area contributed by atoms with Crippen LogP contribution in [0, 0.1) is 0 Å². The van der Waals surface area contributed by atoms with Gasteiger partial charge in [-0.1, -0.05) is 72.9 Å². The van der Waals surface area contributed by atoms with E-state index in [0.29, 0.717) is 6.04 Å². The first-order chi connectivity index (χ1) is 15.0. The second kappa shape index (κ2) is 15.6. The van der Waals surface area contributed by atoms with Gasteiger partial charge in [-0.15, -0.1) is 0 Å². The second-order valence-corrected chi connectivity index (χ2v) is 7.26. The van der Waals surface area contributed by atoms with Gasteiger partial charge in [0.25, 0.3) is 0 Å². The van der Waals surface area contributed by atoms with E-state index < -0.39 is 0 Å². The zero-order valence-electron chi connectivity index (χ0n) is 19.2. The van der Waals surface area contributed by atoms with Crippen LogP contribution in [0.4, 0.5) is 5.69 Å². The lowest BCUT2D eigenvalue weighted by atomic mass is 10.1. The fourth-order valence-corrected chi connectivity index (χ4v) is 2.96. The molecule has 0 fully saturated rings. The molecule has 0 radical (unpaired) electrons. The molecule has 4 nitrogen and oxygen atoms in total. The minimum atomic E-state index is 0.242. The highest BCUT2D eigenvalue weighted by Crippen LogP contribution is 2.17. The van der Waals surface area contributed by atoms with Crippen LogP contribution < -0.4 is 11.1 Å². The summed E-state index contributed by atoms with van der Waals surface area (Å²) in [6.45, 7) is 5.67. The van der Waals surface area contributed by atoms with Crippen LogP contribution in [-0.2, 0) is 4.79 Å². The molecule has 0 saturated heterocycles. The van der Waals surface area contributed by atoms with Gasteiger partial charge in [0.15, 0.2) is 0 Å². The molecule has 0 bridgehead atoms. The lowest BCUT2D eigenvalue weighted by molar-refractivity contribution is -0.106. The maximum absolute atomic E-state index is 8.81. The zero-order valence-corrected chi connectivity index (χ0v) is 19.2. The number of nitrogens with two attached hydrogens (primary N) is 1. The number of allylic oxidation sites excluding steroid dienone is 9. The highest BCUT2D eigenvalue weighted by atomic mass is 16.1. The molecule has 1 aromatic rings. The van der Waals surface area contributed by atoms with Gasteiger partial charge in [0.05, 0.1) is 5.82 Å². The molecule has 2 rings (SSSR count). The van der Waals surface area contributed by atoms with Gasteiger partial charge in [0.1, 0.15) is 6.29 Å². The summed E-state index contributed by atoms with van der Waals surface area (Å²) >= 11 is 0. The number of carbonyl (C=O) groups excluding carboxylic acids is 1. The van der Waals surface area contributed by atoms with Crippen LogP contribution in [0.5, 0.6) is 0 Å². The smallest absolute Gasteiger partial charge is 0.116 e. The van der Waals surface area contributed by atoms with Crippen molar-refractivity contribution in [2.24, 2.45) is 5.73 Å². The zero-order chi connectivity index (χ0) is 22.9. The van der Waals surface area contributed by atoms with Gasteiger partial charge in [-0.3, -0.25) is 0 Å². The van der Waals surface area contributed by atoms with Crippen LogP contribution in [0.1, 0.15) is 39.2 Å². The molecule has 1 aliphatic heterocycles. The molecule has 31 heavy (non-hydrogen) atoms. The third kappa shape index (κ3) is 10.9. The molecule has 3 N–H and O–H groups in total. The molecule has 1 aliphatic rings. The fourth-order valence-electron chi connectivity index (χ4n) is 2.96. The highest BCUT2D eigenvalue weighted by Gasteiger charge is 2.15. The molecule has 0 saturated carbocycles. The Morgan fingerprint density at radius 3 is 2.48 bits per heavy atom. The van der Waals surface area contributed by atoms with Gasteiger partial charge in [0.2, 0.25) is 0 Å². The van der Waals surface area contributed by atoms with Crippen molar-refractivity contribution in [3.63, 3.8) is 0 Å². The Labute approximate surface area is 188 Å². The lowest BCUT2D eigenvalue weighted by Gasteiger charge is -2.30. The highest BCUT2D eigenvalue weighted by molar-refractivity contribution is 5.55. The fraction of sp³-hybridized carbons (Fsp3) is 0.296. The Balaban J connectivity index is 0.00000151. The van der Waals surface area contributed by atoms with Crippen LogP contribution >= 0.6 is 0 Å². The summed E-state index contributed by atoms with van der Waals surface area (Å²) in [6, 6.07) is 9.15. The number of nitrogens with zero attached hydrogens (tertiary/aromatic N) is 1.